The van der Waals surface area contributed by atoms with Crippen LogP contribution in [0.25, 0.3) is 0 Å². The Hall–Kier alpha value is -2.84. The molecule has 0 radical (unpaired) electrons. The van der Waals surface area contributed by atoms with E-state index in [1.165, 1.54) is 16.7 Å². The summed E-state index contributed by atoms with van der Waals surface area (Å²) in [6.45, 7) is 5.62. The van der Waals surface area contributed by atoms with Gasteiger partial charge in [-0.2, -0.15) is 5.26 Å². The predicted octanol–water partition coefficient (Wildman–Crippen LogP) is 3.60. The van der Waals surface area contributed by atoms with Crippen LogP contribution in [-0.2, 0) is 13.0 Å². The maximum Gasteiger partial charge on any atom is 0.322 e. The number of nitriles is 1. The third kappa shape index (κ3) is 4.02. The van der Waals surface area contributed by atoms with Crippen molar-refractivity contribution in [2.75, 3.05) is 24.5 Å². The molecule has 28 heavy (non-hydrogen) atoms. The highest BCUT2D eigenvalue weighted by Gasteiger charge is 2.27. The first-order valence-corrected chi connectivity index (χ1v) is 10.0. The van der Waals surface area contributed by atoms with Crippen molar-refractivity contribution in [3.05, 3.63) is 64.7 Å². The molecule has 1 fully saturated rings. The Balaban J connectivity index is 1.29. The van der Waals surface area contributed by atoms with E-state index < -0.39 is 0 Å². The Morgan fingerprint density at radius 1 is 1.18 bits per heavy atom. The van der Waals surface area contributed by atoms with Crippen LogP contribution in [-0.4, -0.2) is 36.6 Å². The Morgan fingerprint density at radius 2 is 2.00 bits per heavy atom. The summed E-state index contributed by atoms with van der Waals surface area (Å²) >= 11 is 0. The number of benzene rings is 2. The number of likely N-dealkylation sites (tertiary alicyclic amines) is 1. The number of nitrogens with one attached hydrogen (secondary N) is 1. The van der Waals surface area contributed by atoms with E-state index in [4.69, 9.17) is 5.26 Å². The third-order valence-electron chi connectivity index (χ3n) is 5.75. The van der Waals surface area contributed by atoms with E-state index in [0.717, 1.165) is 51.1 Å². The van der Waals surface area contributed by atoms with E-state index in [-0.39, 0.29) is 12.1 Å². The molecule has 2 aromatic rings. The molecule has 0 aliphatic carbocycles. The summed E-state index contributed by atoms with van der Waals surface area (Å²) in [5, 5.41) is 12.3. The maximum atomic E-state index is 12.8. The lowest BCUT2D eigenvalue weighted by Crippen LogP contribution is -2.48. The first-order valence-electron chi connectivity index (χ1n) is 10.0. The lowest BCUT2D eigenvalue weighted by atomic mass is 10.0. The molecule has 1 saturated heterocycles. The normalized spacial score (nSPS) is 17.2. The van der Waals surface area contributed by atoms with Crippen LogP contribution < -0.4 is 10.2 Å². The van der Waals surface area contributed by atoms with Crippen molar-refractivity contribution in [3.63, 3.8) is 0 Å². The minimum Gasteiger partial charge on any atom is -0.335 e. The zero-order valence-corrected chi connectivity index (χ0v) is 16.3. The number of nitrogens with zero attached hydrogens (tertiary/aromatic N) is 3. The van der Waals surface area contributed by atoms with E-state index in [9.17, 15) is 4.79 Å². The molecule has 144 valence electrons. The highest BCUT2D eigenvalue weighted by atomic mass is 16.2. The molecule has 5 nitrogen and oxygen atoms in total. The molecule has 0 spiro atoms. The fourth-order valence-corrected chi connectivity index (χ4v) is 4.23. The summed E-state index contributed by atoms with van der Waals surface area (Å²) in [6, 6.07) is 16.6. The van der Waals surface area contributed by atoms with Crippen molar-refractivity contribution >= 4 is 11.7 Å². The molecule has 0 atom stereocenters. The molecule has 0 saturated carbocycles. The Bertz CT molecular complexity index is 909. The topological polar surface area (TPSA) is 59.4 Å². The molecule has 2 amide bonds. The quantitative estimate of drug-likeness (QED) is 0.893. The average Bonchev–Trinajstić information content (AvgIpc) is 3.13. The first-order chi connectivity index (χ1) is 13.6. The van der Waals surface area contributed by atoms with E-state index >= 15 is 0 Å². The fourth-order valence-electron chi connectivity index (χ4n) is 4.23. The smallest absolute Gasteiger partial charge is 0.322 e. The minimum absolute atomic E-state index is 0.0303. The van der Waals surface area contributed by atoms with Crippen molar-refractivity contribution in [3.8, 4) is 6.07 Å². The van der Waals surface area contributed by atoms with Crippen LogP contribution in [0.4, 0.5) is 10.5 Å². The standard InChI is InChI=1S/C23H26N4O/c1-17-5-6-22-20(13-17)7-12-27(22)23(28)25-21-8-10-26(11-9-21)16-19-4-2-3-18(14-19)15-24/h2-6,13-14,21H,7-12,16H2,1H3,(H,25,28). The van der Waals surface area contributed by atoms with Crippen LogP contribution in [0.3, 0.4) is 0 Å². The third-order valence-corrected chi connectivity index (χ3v) is 5.75. The van der Waals surface area contributed by atoms with Crippen molar-refractivity contribution in [1.82, 2.24) is 10.2 Å². The summed E-state index contributed by atoms with van der Waals surface area (Å²) < 4.78 is 0. The summed E-state index contributed by atoms with van der Waals surface area (Å²) in [4.78, 5) is 17.1. The highest BCUT2D eigenvalue weighted by Crippen LogP contribution is 2.29. The number of aryl methyl sites for hydroxylation is 1. The van der Waals surface area contributed by atoms with E-state index in [1.54, 1.807) is 0 Å². The van der Waals surface area contributed by atoms with E-state index in [2.05, 4.69) is 47.5 Å². The molecule has 5 heteroatoms. The van der Waals surface area contributed by atoms with E-state index in [1.807, 2.05) is 23.1 Å². The monoisotopic (exact) mass is 374 g/mol. The van der Waals surface area contributed by atoms with Gasteiger partial charge >= 0.3 is 6.03 Å². The predicted molar refractivity (Wildman–Crippen MR) is 110 cm³/mol. The molecule has 2 heterocycles. The highest BCUT2D eigenvalue weighted by molar-refractivity contribution is 5.94. The summed E-state index contributed by atoms with van der Waals surface area (Å²) in [7, 11) is 0. The molecule has 2 aromatic carbocycles. The van der Waals surface area contributed by atoms with Crippen LogP contribution >= 0.6 is 0 Å². The zero-order chi connectivity index (χ0) is 19.5. The van der Waals surface area contributed by atoms with Crippen molar-refractivity contribution in [2.24, 2.45) is 0 Å². The summed E-state index contributed by atoms with van der Waals surface area (Å²) in [5.74, 6) is 0. The molecular weight excluding hydrogens is 348 g/mol. The van der Waals surface area contributed by atoms with Crippen LogP contribution in [0.1, 0.15) is 35.1 Å². The van der Waals surface area contributed by atoms with Gasteiger partial charge < -0.3 is 5.32 Å². The number of amides is 2. The van der Waals surface area contributed by atoms with Crippen LogP contribution in [0.5, 0.6) is 0 Å². The minimum atomic E-state index is 0.0303. The first kappa shape index (κ1) is 18.5. The van der Waals surface area contributed by atoms with Gasteiger partial charge in [-0.05, 0) is 55.5 Å². The molecule has 4 rings (SSSR count). The molecular formula is C23H26N4O. The Labute approximate surface area is 166 Å². The molecule has 2 aliphatic rings. The number of hydrogen-bond acceptors (Lipinski definition) is 3. The van der Waals surface area contributed by atoms with Gasteiger partial charge in [0.15, 0.2) is 0 Å². The van der Waals surface area contributed by atoms with Crippen molar-refractivity contribution in [1.29, 1.82) is 5.26 Å². The maximum absolute atomic E-state index is 12.8. The lowest BCUT2D eigenvalue weighted by molar-refractivity contribution is 0.188. The number of rotatable bonds is 3. The van der Waals surface area contributed by atoms with Gasteiger partial charge in [0, 0.05) is 37.9 Å². The molecule has 0 unspecified atom stereocenters. The lowest BCUT2D eigenvalue weighted by Gasteiger charge is -2.33. The van der Waals surface area contributed by atoms with Crippen molar-refractivity contribution < 1.29 is 4.79 Å². The van der Waals surface area contributed by atoms with Gasteiger partial charge in [0.25, 0.3) is 0 Å². The van der Waals surface area contributed by atoms with Gasteiger partial charge in [0.1, 0.15) is 0 Å². The van der Waals surface area contributed by atoms with Crippen molar-refractivity contribution in [2.45, 2.75) is 38.8 Å². The molecule has 2 aliphatic heterocycles. The Kier molecular flexibility index (Phi) is 5.31. The van der Waals surface area contributed by atoms with Gasteiger partial charge in [-0.3, -0.25) is 9.80 Å². The second-order valence-electron chi connectivity index (χ2n) is 7.85. The number of fused-ring (bicyclic) bond motifs is 1. The number of carbonyl (C=O) groups excluding carboxylic acids is 1. The largest absolute Gasteiger partial charge is 0.335 e. The van der Waals surface area contributed by atoms with Crippen LogP contribution in [0.15, 0.2) is 42.5 Å². The summed E-state index contributed by atoms with van der Waals surface area (Å²) in [6.07, 6.45) is 2.85. The second-order valence-corrected chi connectivity index (χ2v) is 7.85. The van der Waals surface area contributed by atoms with Gasteiger partial charge in [0.05, 0.1) is 11.6 Å². The van der Waals surface area contributed by atoms with Gasteiger partial charge in [-0.1, -0.05) is 29.8 Å². The van der Waals surface area contributed by atoms with Gasteiger partial charge in [-0.15, -0.1) is 0 Å². The van der Waals surface area contributed by atoms with E-state index in [0.29, 0.717) is 5.56 Å². The number of hydrogen-bond donors (Lipinski definition) is 1. The summed E-state index contributed by atoms with van der Waals surface area (Å²) in [5.41, 5.74) is 5.45. The number of carbonyl (C=O) groups is 1. The SMILES string of the molecule is Cc1ccc2c(c1)CCN2C(=O)NC1CCN(Cc2cccc(C#N)c2)CC1. The van der Waals surface area contributed by atoms with Crippen LogP contribution in [0, 0.1) is 18.3 Å². The molecule has 1 N–H and O–H groups in total. The van der Waals surface area contributed by atoms with Crippen LogP contribution in [0.2, 0.25) is 0 Å². The number of piperidine rings is 1. The number of urea groups is 1. The number of anilines is 1. The van der Waals surface area contributed by atoms with Gasteiger partial charge in [-0.25, -0.2) is 4.79 Å². The van der Waals surface area contributed by atoms with Gasteiger partial charge in [0.2, 0.25) is 0 Å². The average molecular weight is 374 g/mol. The molecule has 0 aromatic heterocycles. The zero-order valence-electron chi connectivity index (χ0n) is 16.3. The fraction of sp³-hybridized carbons (Fsp3) is 0.391. The second kappa shape index (κ2) is 8.04. The molecule has 0 bridgehead atoms. The Morgan fingerprint density at radius 3 is 2.79 bits per heavy atom.